The Morgan fingerprint density at radius 3 is 2.88 bits per heavy atom. The minimum atomic E-state index is 0.0128. The first-order valence-corrected chi connectivity index (χ1v) is 6.31. The van der Waals surface area contributed by atoms with E-state index in [2.05, 4.69) is 31.2 Å². The van der Waals surface area contributed by atoms with Crippen molar-refractivity contribution in [3.8, 4) is 0 Å². The Morgan fingerprint density at radius 2 is 2.18 bits per heavy atom. The molecule has 1 aromatic rings. The molecule has 1 unspecified atom stereocenters. The monoisotopic (exact) mass is 297 g/mol. The summed E-state index contributed by atoms with van der Waals surface area (Å²) in [5.41, 5.74) is 0. The number of rotatable bonds is 1. The maximum absolute atomic E-state index is 12.2. The van der Waals surface area contributed by atoms with E-state index in [9.17, 15) is 4.79 Å². The zero-order valence-electron chi connectivity index (χ0n) is 9.14. The van der Waals surface area contributed by atoms with Gasteiger partial charge in [0.2, 0.25) is 5.95 Å². The fourth-order valence-corrected chi connectivity index (χ4v) is 2.44. The summed E-state index contributed by atoms with van der Waals surface area (Å²) in [5, 5.41) is 3.29. The van der Waals surface area contributed by atoms with E-state index in [1.807, 2.05) is 4.90 Å². The maximum atomic E-state index is 12.2. The SMILES string of the molecule is O=C1N(c2ncc(Br)cn2)CC2CNCCN12. The van der Waals surface area contributed by atoms with Crippen LogP contribution in [0.5, 0.6) is 0 Å². The van der Waals surface area contributed by atoms with Gasteiger partial charge in [0.25, 0.3) is 0 Å². The normalized spacial score (nSPS) is 24.1. The molecule has 0 radical (unpaired) electrons. The van der Waals surface area contributed by atoms with Crippen molar-refractivity contribution < 1.29 is 4.79 Å². The van der Waals surface area contributed by atoms with Crippen LogP contribution in [0, 0.1) is 0 Å². The molecule has 0 aliphatic carbocycles. The van der Waals surface area contributed by atoms with Gasteiger partial charge in [0.05, 0.1) is 17.1 Å². The number of halogens is 1. The van der Waals surface area contributed by atoms with Crippen molar-refractivity contribution in [1.82, 2.24) is 20.2 Å². The number of carbonyl (C=O) groups excluding carboxylic acids is 1. The van der Waals surface area contributed by atoms with E-state index in [1.54, 1.807) is 17.3 Å². The van der Waals surface area contributed by atoms with Crippen LogP contribution < -0.4 is 10.2 Å². The van der Waals surface area contributed by atoms with E-state index in [-0.39, 0.29) is 12.1 Å². The molecule has 7 heteroatoms. The number of anilines is 1. The van der Waals surface area contributed by atoms with Gasteiger partial charge in [-0.2, -0.15) is 0 Å². The van der Waals surface area contributed by atoms with Crippen molar-refractivity contribution in [3.63, 3.8) is 0 Å². The first-order valence-electron chi connectivity index (χ1n) is 5.52. The molecule has 2 aliphatic rings. The fourth-order valence-electron chi connectivity index (χ4n) is 2.23. The largest absolute Gasteiger partial charge is 0.327 e. The average molecular weight is 298 g/mol. The average Bonchev–Trinajstić information content (AvgIpc) is 2.69. The highest BCUT2D eigenvalue weighted by Gasteiger charge is 2.40. The Balaban J connectivity index is 1.85. The number of piperazine rings is 1. The van der Waals surface area contributed by atoms with Crippen LogP contribution in [0.2, 0.25) is 0 Å². The van der Waals surface area contributed by atoms with Gasteiger partial charge in [-0.1, -0.05) is 0 Å². The third-order valence-corrected chi connectivity index (χ3v) is 3.48. The number of nitrogens with zero attached hydrogens (tertiary/aromatic N) is 4. The summed E-state index contributed by atoms with van der Waals surface area (Å²) in [7, 11) is 0. The summed E-state index contributed by atoms with van der Waals surface area (Å²) in [4.78, 5) is 24.0. The van der Waals surface area contributed by atoms with Crippen molar-refractivity contribution in [2.75, 3.05) is 31.1 Å². The topological polar surface area (TPSA) is 61.4 Å². The molecule has 2 saturated heterocycles. The summed E-state index contributed by atoms with van der Waals surface area (Å²) in [5.74, 6) is 0.479. The molecule has 2 amide bonds. The standard InChI is InChI=1S/C10H12BrN5O/c11-7-3-13-9(14-4-7)16-6-8-5-12-1-2-15(8)10(16)17/h3-4,8,12H,1-2,5-6H2. The lowest BCUT2D eigenvalue weighted by molar-refractivity contribution is 0.193. The van der Waals surface area contributed by atoms with E-state index in [1.165, 1.54) is 0 Å². The molecule has 3 rings (SSSR count). The number of amides is 2. The van der Waals surface area contributed by atoms with Gasteiger partial charge in [-0.15, -0.1) is 0 Å². The van der Waals surface area contributed by atoms with Crippen LogP contribution in [0.3, 0.4) is 0 Å². The smallest absolute Gasteiger partial charge is 0.317 e. The molecule has 90 valence electrons. The summed E-state index contributed by atoms with van der Waals surface area (Å²) in [6, 6.07) is 0.252. The molecule has 0 bridgehead atoms. The second-order valence-corrected chi connectivity index (χ2v) is 5.06. The molecule has 3 heterocycles. The summed E-state index contributed by atoms with van der Waals surface area (Å²) in [6.07, 6.45) is 3.32. The van der Waals surface area contributed by atoms with Gasteiger partial charge in [-0.3, -0.25) is 4.90 Å². The van der Waals surface area contributed by atoms with Crippen LogP contribution >= 0.6 is 15.9 Å². The molecular weight excluding hydrogens is 286 g/mol. The lowest BCUT2D eigenvalue weighted by Gasteiger charge is -2.28. The van der Waals surface area contributed by atoms with Crippen LogP contribution in [0.4, 0.5) is 10.7 Å². The molecule has 0 saturated carbocycles. The van der Waals surface area contributed by atoms with Crippen LogP contribution in [0.1, 0.15) is 0 Å². The Hall–Kier alpha value is -1.21. The van der Waals surface area contributed by atoms with Crippen LogP contribution in [0.15, 0.2) is 16.9 Å². The minimum absolute atomic E-state index is 0.0128. The van der Waals surface area contributed by atoms with Crippen LogP contribution in [-0.2, 0) is 0 Å². The zero-order chi connectivity index (χ0) is 11.8. The van der Waals surface area contributed by atoms with Gasteiger partial charge in [-0.25, -0.2) is 14.8 Å². The second-order valence-electron chi connectivity index (χ2n) is 4.15. The molecule has 1 aromatic heterocycles. The van der Waals surface area contributed by atoms with Crippen molar-refractivity contribution in [1.29, 1.82) is 0 Å². The zero-order valence-corrected chi connectivity index (χ0v) is 10.7. The van der Waals surface area contributed by atoms with Crippen molar-refractivity contribution in [2.24, 2.45) is 0 Å². The Bertz CT molecular complexity index is 437. The molecule has 1 N–H and O–H groups in total. The first kappa shape index (κ1) is 10.9. The predicted octanol–water partition coefficient (Wildman–Crippen LogP) is 0.453. The van der Waals surface area contributed by atoms with E-state index >= 15 is 0 Å². The summed E-state index contributed by atoms with van der Waals surface area (Å²) < 4.78 is 0.812. The Morgan fingerprint density at radius 1 is 1.41 bits per heavy atom. The Labute approximate surface area is 107 Å². The van der Waals surface area contributed by atoms with Gasteiger partial charge in [0.15, 0.2) is 0 Å². The van der Waals surface area contributed by atoms with Crippen LogP contribution in [0.25, 0.3) is 0 Å². The van der Waals surface area contributed by atoms with Gasteiger partial charge in [0, 0.05) is 32.0 Å². The molecule has 17 heavy (non-hydrogen) atoms. The highest BCUT2D eigenvalue weighted by atomic mass is 79.9. The molecule has 2 fully saturated rings. The number of hydrogen-bond acceptors (Lipinski definition) is 4. The van der Waals surface area contributed by atoms with E-state index in [0.29, 0.717) is 12.5 Å². The molecule has 0 aromatic carbocycles. The van der Waals surface area contributed by atoms with Crippen molar-refractivity contribution in [3.05, 3.63) is 16.9 Å². The van der Waals surface area contributed by atoms with E-state index in [4.69, 9.17) is 0 Å². The predicted molar refractivity (Wildman–Crippen MR) is 65.8 cm³/mol. The molecule has 1 atom stereocenters. The fraction of sp³-hybridized carbons (Fsp3) is 0.500. The number of fused-ring (bicyclic) bond motifs is 1. The van der Waals surface area contributed by atoms with Gasteiger partial charge in [-0.05, 0) is 15.9 Å². The second kappa shape index (κ2) is 4.23. The third kappa shape index (κ3) is 1.89. The van der Waals surface area contributed by atoms with Gasteiger partial charge in [0.1, 0.15) is 0 Å². The van der Waals surface area contributed by atoms with Gasteiger partial charge >= 0.3 is 6.03 Å². The van der Waals surface area contributed by atoms with Crippen molar-refractivity contribution >= 4 is 27.9 Å². The number of hydrogen-bond donors (Lipinski definition) is 1. The summed E-state index contributed by atoms with van der Waals surface area (Å²) >= 11 is 3.28. The van der Waals surface area contributed by atoms with Crippen molar-refractivity contribution in [2.45, 2.75) is 6.04 Å². The Kier molecular flexibility index (Phi) is 2.71. The number of carbonyl (C=O) groups is 1. The lowest BCUT2D eigenvalue weighted by atomic mass is 10.2. The van der Waals surface area contributed by atoms with Gasteiger partial charge < -0.3 is 10.2 Å². The number of urea groups is 1. The molecular formula is C10H12BrN5O. The quantitative estimate of drug-likeness (QED) is 0.818. The van der Waals surface area contributed by atoms with E-state index in [0.717, 1.165) is 24.1 Å². The van der Waals surface area contributed by atoms with Crippen LogP contribution in [-0.4, -0.2) is 53.1 Å². The molecule has 6 nitrogen and oxygen atoms in total. The first-order chi connectivity index (χ1) is 8.25. The minimum Gasteiger partial charge on any atom is -0.317 e. The van der Waals surface area contributed by atoms with E-state index < -0.39 is 0 Å². The maximum Gasteiger partial charge on any atom is 0.327 e. The number of aromatic nitrogens is 2. The highest BCUT2D eigenvalue weighted by Crippen LogP contribution is 2.21. The number of nitrogens with one attached hydrogen (secondary N) is 1. The third-order valence-electron chi connectivity index (χ3n) is 3.07. The highest BCUT2D eigenvalue weighted by molar-refractivity contribution is 9.10. The summed E-state index contributed by atoms with van der Waals surface area (Å²) in [6.45, 7) is 3.13. The lowest BCUT2D eigenvalue weighted by Crippen LogP contribution is -2.49. The molecule has 0 spiro atoms. The molecule has 2 aliphatic heterocycles.